The summed E-state index contributed by atoms with van der Waals surface area (Å²) in [6, 6.07) is 13.1. The van der Waals surface area contributed by atoms with E-state index >= 15 is 0 Å². The van der Waals surface area contributed by atoms with E-state index in [4.69, 9.17) is 9.47 Å². The molecule has 162 valence electrons. The van der Waals surface area contributed by atoms with Gasteiger partial charge >= 0.3 is 5.97 Å². The molecule has 31 heavy (non-hydrogen) atoms. The Labute approximate surface area is 186 Å². The summed E-state index contributed by atoms with van der Waals surface area (Å²) in [5.41, 5.74) is 2.92. The summed E-state index contributed by atoms with van der Waals surface area (Å²) in [4.78, 5) is 27.0. The first-order valence-electron chi connectivity index (χ1n) is 10.5. The van der Waals surface area contributed by atoms with Gasteiger partial charge in [0.1, 0.15) is 18.1 Å². The van der Waals surface area contributed by atoms with Gasteiger partial charge in [0.2, 0.25) is 5.43 Å². The number of pyridine rings is 1. The van der Waals surface area contributed by atoms with Gasteiger partial charge in [0, 0.05) is 18.0 Å². The Bertz CT molecular complexity index is 1140. The number of rotatable bonds is 6. The van der Waals surface area contributed by atoms with Gasteiger partial charge in [-0.3, -0.25) is 4.79 Å². The van der Waals surface area contributed by atoms with Crippen molar-refractivity contribution in [2.75, 3.05) is 0 Å². The minimum absolute atomic E-state index is 0.0393. The van der Waals surface area contributed by atoms with Gasteiger partial charge in [-0.05, 0) is 41.9 Å². The van der Waals surface area contributed by atoms with Gasteiger partial charge in [-0.2, -0.15) is 0 Å². The number of carbonyl (C=O) groups is 1. The van der Waals surface area contributed by atoms with Gasteiger partial charge in [0.25, 0.3) is 0 Å². The predicted octanol–water partition coefficient (Wildman–Crippen LogP) is 4.90. The molecule has 1 aromatic carbocycles. The molecule has 6 heteroatoms. The summed E-state index contributed by atoms with van der Waals surface area (Å²) in [7, 11) is 1.81. The molecule has 0 N–H and O–H groups in total. The first kappa shape index (κ1) is 21.4. The van der Waals surface area contributed by atoms with E-state index in [-0.39, 0.29) is 29.2 Å². The van der Waals surface area contributed by atoms with Crippen LogP contribution in [0.3, 0.4) is 0 Å². The fraction of sp³-hybridized carbons (Fsp3) is 0.360. The van der Waals surface area contributed by atoms with Crippen LogP contribution in [0.15, 0.2) is 53.5 Å². The van der Waals surface area contributed by atoms with E-state index in [9.17, 15) is 9.59 Å². The van der Waals surface area contributed by atoms with Crippen LogP contribution in [0.4, 0.5) is 0 Å². The maximum absolute atomic E-state index is 12.6. The quantitative estimate of drug-likeness (QED) is 0.515. The van der Waals surface area contributed by atoms with E-state index in [0.29, 0.717) is 17.2 Å². The Kier molecular flexibility index (Phi) is 6.01. The average molecular weight is 438 g/mol. The molecular weight excluding hydrogens is 410 g/mol. The van der Waals surface area contributed by atoms with E-state index in [1.54, 1.807) is 10.8 Å². The first-order valence-corrected chi connectivity index (χ1v) is 11.3. The minimum atomic E-state index is -0.339. The summed E-state index contributed by atoms with van der Waals surface area (Å²) in [6.45, 7) is 4.89. The number of aryl methyl sites for hydroxylation is 2. The Balaban J connectivity index is 1.39. The summed E-state index contributed by atoms with van der Waals surface area (Å²) in [5.74, 6) is -0.0657. The average Bonchev–Trinajstić information content (AvgIpc) is 3.15. The van der Waals surface area contributed by atoms with Crippen LogP contribution in [-0.2, 0) is 37.8 Å². The lowest BCUT2D eigenvalue weighted by atomic mass is 9.77. The number of esters is 1. The van der Waals surface area contributed by atoms with Crippen LogP contribution < -0.4 is 10.2 Å². The molecular formula is C25H27NO4S. The SMILES string of the molecule is Cn1cc(OCc2ccccc2)c(=O)cc1COC(=O)c1cc2c(s1)CCC(C)(C)C2. The monoisotopic (exact) mass is 437 g/mol. The van der Waals surface area contributed by atoms with Crippen LogP contribution in [0.1, 0.15) is 51.6 Å². The summed E-state index contributed by atoms with van der Waals surface area (Å²) in [5, 5.41) is 0. The summed E-state index contributed by atoms with van der Waals surface area (Å²) >= 11 is 1.53. The molecule has 0 radical (unpaired) electrons. The van der Waals surface area contributed by atoms with Crippen molar-refractivity contribution in [1.82, 2.24) is 4.57 Å². The van der Waals surface area contributed by atoms with Crippen molar-refractivity contribution in [2.45, 2.75) is 46.3 Å². The number of benzene rings is 1. The van der Waals surface area contributed by atoms with Crippen LogP contribution in [0.5, 0.6) is 5.75 Å². The lowest BCUT2D eigenvalue weighted by Gasteiger charge is -2.29. The minimum Gasteiger partial charge on any atom is -0.483 e. The number of carbonyl (C=O) groups excluding carboxylic acids is 1. The number of ether oxygens (including phenoxy) is 2. The lowest BCUT2D eigenvalue weighted by Crippen LogP contribution is -2.20. The van der Waals surface area contributed by atoms with Crippen molar-refractivity contribution in [3.8, 4) is 5.75 Å². The van der Waals surface area contributed by atoms with Gasteiger partial charge in [0.05, 0.1) is 11.9 Å². The molecule has 0 unspecified atom stereocenters. The third-order valence-corrected chi connectivity index (χ3v) is 6.91. The van der Waals surface area contributed by atoms with E-state index < -0.39 is 0 Å². The molecule has 0 saturated carbocycles. The van der Waals surface area contributed by atoms with E-state index in [1.807, 2.05) is 43.4 Å². The van der Waals surface area contributed by atoms with Crippen molar-refractivity contribution in [2.24, 2.45) is 12.5 Å². The first-order chi connectivity index (χ1) is 14.8. The second-order valence-electron chi connectivity index (χ2n) is 8.85. The highest BCUT2D eigenvalue weighted by Gasteiger charge is 2.28. The van der Waals surface area contributed by atoms with E-state index in [1.165, 1.54) is 27.8 Å². The van der Waals surface area contributed by atoms with Crippen molar-refractivity contribution in [3.63, 3.8) is 0 Å². The van der Waals surface area contributed by atoms with Gasteiger partial charge in [-0.1, -0.05) is 44.2 Å². The van der Waals surface area contributed by atoms with E-state index in [0.717, 1.165) is 24.8 Å². The van der Waals surface area contributed by atoms with Gasteiger partial charge < -0.3 is 14.0 Å². The fourth-order valence-corrected chi connectivity index (χ4v) is 4.90. The molecule has 2 aromatic heterocycles. The Hall–Kier alpha value is -2.86. The molecule has 0 amide bonds. The predicted molar refractivity (Wildman–Crippen MR) is 122 cm³/mol. The van der Waals surface area contributed by atoms with Gasteiger partial charge in [0.15, 0.2) is 5.75 Å². The van der Waals surface area contributed by atoms with Crippen molar-refractivity contribution >= 4 is 17.3 Å². The zero-order chi connectivity index (χ0) is 22.0. The molecule has 2 heterocycles. The molecule has 5 nitrogen and oxygen atoms in total. The molecule has 0 aliphatic heterocycles. The summed E-state index contributed by atoms with van der Waals surface area (Å²) < 4.78 is 13.0. The Morgan fingerprint density at radius 1 is 1.16 bits per heavy atom. The van der Waals surface area contributed by atoms with Gasteiger partial charge in [-0.15, -0.1) is 11.3 Å². The molecule has 0 spiro atoms. The molecule has 4 rings (SSSR count). The number of fused-ring (bicyclic) bond motifs is 1. The van der Waals surface area contributed by atoms with Crippen LogP contribution in [0, 0.1) is 5.41 Å². The summed E-state index contributed by atoms with van der Waals surface area (Å²) in [6.07, 6.45) is 4.78. The highest BCUT2D eigenvalue weighted by atomic mass is 32.1. The van der Waals surface area contributed by atoms with Crippen LogP contribution >= 0.6 is 11.3 Å². The second-order valence-corrected chi connectivity index (χ2v) is 9.99. The largest absolute Gasteiger partial charge is 0.483 e. The number of hydrogen-bond donors (Lipinski definition) is 0. The highest BCUT2D eigenvalue weighted by molar-refractivity contribution is 7.14. The lowest BCUT2D eigenvalue weighted by molar-refractivity contribution is 0.0469. The Morgan fingerprint density at radius 2 is 1.94 bits per heavy atom. The maximum Gasteiger partial charge on any atom is 0.348 e. The van der Waals surface area contributed by atoms with Crippen LogP contribution in [0.2, 0.25) is 0 Å². The molecule has 0 fully saturated rings. The zero-order valence-electron chi connectivity index (χ0n) is 18.1. The third-order valence-electron chi connectivity index (χ3n) is 5.69. The van der Waals surface area contributed by atoms with Crippen molar-refractivity contribution in [3.05, 3.63) is 85.5 Å². The van der Waals surface area contributed by atoms with Crippen LogP contribution in [0.25, 0.3) is 0 Å². The maximum atomic E-state index is 12.6. The van der Waals surface area contributed by atoms with Crippen molar-refractivity contribution in [1.29, 1.82) is 0 Å². The molecule has 0 atom stereocenters. The topological polar surface area (TPSA) is 57.5 Å². The number of hydrogen-bond acceptors (Lipinski definition) is 5. The van der Waals surface area contributed by atoms with Crippen LogP contribution in [-0.4, -0.2) is 10.5 Å². The molecule has 0 saturated heterocycles. The van der Waals surface area contributed by atoms with Crippen molar-refractivity contribution < 1.29 is 14.3 Å². The molecule has 0 bridgehead atoms. The fourth-order valence-electron chi connectivity index (χ4n) is 3.83. The second kappa shape index (κ2) is 8.71. The third kappa shape index (κ3) is 5.07. The molecule has 1 aliphatic carbocycles. The Morgan fingerprint density at radius 3 is 2.71 bits per heavy atom. The van der Waals surface area contributed by atoms with Gasteiger partial charge in [-0.25, -0.2) is 4.79 Å². The smallest absolute Gasteiger partial charge is 0.348 e. The number of nitrogens with zero attached hydrogens (tertiary/aromatic N) is 1. The molecule has 1 aliphatic rings. The highest BCUT2D eigenvalue weighted by Crippen LogP contribution is 2.38. The van der Waals surface area contributed by atoms with E-state index in [2.05, 4.69) is 13.8 Å². The zero-order valence-corrected chi connectivity index (χ0v) is 19.0. The standard InChI is InChI=1S/C25H27NO4S/c1-25(2)10-9-22-18(13-25)11-23(31-22)24(28)30-16-19-12-20(27)21(14-26(19)3)29-15-17-7-5-4-6-8-17/h4-8,11-12,14H,9-10,13,15-16H2,1-3H3. The number of thiophene rings is 1. The normalized spacial score (nSPS) is 14.7. The molecule has 3 aromatic rings. The number of aromatic nitrogens is 1.